The number of piperazine rings is 1. The molecule has 0 unspecified atom stereocenters. The fourth-order valence-electron chi connectivity index (χ4n) is 1.60. The molecule has 1 aliphatic heterocycles. The number of nitrogens with one attached hydrogen (secondary N) is 1. The number of hydrogen-bond acceptors (Lipinski definition) is 4. The van der Waals surface area contributed by atoms with E-state index in [0.29, 0.717) is 5.88 Å². The number of hydrogen-bond donors (Lipinski definition) is 1. The van der Waals surface area contributed by atoms with Crippen LogP contribution in [0.2, 0.25) is 0 Å². The molecular formula is C10H18Cl3N3O. The first-order valence-electron chi connectivity index (χ1n) is 4.86. The van der Waals surface area contributed by atoms with Gasteiger partial charge in [-0.3, -0.25) is 0 Å². The van der Waals surface area contributed by atoms with Crippen LogP contribution in [0.15, 0.2) is 18.3 Å². The molecule has 7 heteroatoms. The number of aromatic nitrogens is 1. The van der Waals surface area contributed by atoms with Crippen molar-refractivity contribution in [2.24, 2.45) is 0 Å². The van der Waals surface area contributed by atoms with Gasteiger partial charge in [-0.15, -0.1) is 37.2 Å². The average Bonchev–Trinajstić information content (AvgIpc) is 2.30. The first-order valence-corrected chi connectivity index (χ1v) is 4.86. The topological polar surface area (TPSA) is 37.4 Å². The van der Waals surface area contributed by atoms with Gasteiger partial charge in [-0.2, -0.15) is 0 Å². The summed E-state index contributed by atoms with van der Waals surface area (Å²) in [5.41, 5.74) is 1.17. The summed E-state index contributed by atoms with van der Waals surface area (Å²) in [5, 5.41) is 3.32. The highest BCUT2D eigenvalue weighted by atomic mass is 35.5. The summed E-state index contributed by atoms with van der Waals surface area (Å²) in [6.45, 7) is 4.19. The number of methoxy groups -OCH3 is 1. The molecule has 0 radical (unpaired) electrons. The number of anilines is 1. The van der Waals surface area contributed by atoms with Crippen LogP contribution in [-0.4, -0.2) is 38.3 Å². The van der Waals surface area contributed by atoms with E-state index in [1.54, 1.807) is 7.11 Å². The van der Waals surface area contributed by atoms with Gasteiger partial charge in [0.1, 0.15) is 0 Å². The first-order chi connectivity index (χ1) is 6.90. The summed E-state index contributed by atoms with van der Waals surface area (Å²) < 4.78 is 5.01. The van der Waals surface area contributed by atoms with Crippen LogP contribution in [0, 0.1) is 0 Å². The van der Waals surface area contributed by atoms with Crippen LogP contribution in [0.3, 0.4) is 0 Å². The normalized spacial score (nSPS) is 13.8. The molecule has 1 aliphatic rings. The fourth-order valence-corrected chi connectivity index (χ4v) is 1.60. The lowest BCUT2D eigenvalue weighted by atomic mass is 10.3. The van der Waals surface area contributed by atoms with Crippen LogP contribution in [0.25, 0.3) is 0 Å². The molecular weight excluding hydrogens is 284 g/mol. The molecule has 1 aromatic rings. The van der Waals surface area contributed by atoms with Gasteiger partial charge >= 0.3 is 0 Å². The Labute approximate surface area is 120 Å². The van der Waals surface area contributed by atoms with Gasteiger partial charge in [-0.05, 0) is 6.07 Å². The van der Waals surface area contributed by atoms with Crippen molar-refractivity contribution >= 4 is 42.9 Å². The van der Waals surface area contributed by atoms with Crippen LogP contribution < -0.4 is 15.0 Å². The number of pyridine rings is 1. The third-order valence-corrected chi connectivity index (χ3v) is 2.41. The van der Waals surface area contributed by atoms with Gasteiger partial charge in [-0.1, -0.05) is 0 Å². The fraction of sp³-hybridized carbons (Fsp3) is 0.500. The van der Waals surface area contributed by atoms with E-state index in [0.717, 1.165) is 26.2 Å². The van der Waals surface area contributed by atoms with E-state index in [2.05, 4.69) is 21.3 Å². The molecule has 2 heterocycles. The van der Waals surface area contributed by atoms with Crippen LogP contribution in [-0.2, 0) is 0 Å². The largest absolute Gasteiger partial charge is 0.481 e. The van der Waals surface area contributed by atoms with E-state index in [9.17, 15) is 0 Å². The quantitative estimate of drug-likeness (QED) is 0.903. The molecule has 4 nitrogen and oxygen atoms in total. The second-order valence-corrected chi connectivity index (χ2v) is 3.30. The Kier molecular flexibility index (Phi) is 10.7. The smallest absolute Gasteiger partial charge is 0.213 e. The van der Waals surface area contributed by atoms with Gasteiger partial charge in [-0.25, -0.2) is 4.98 Å². The number of ether oxygens (including phenoxy) is 1. The molecule has 17 heavy (non-hydrogen) atoms. The van der Waals surface area contributed by atoms with Crippen molar-refractivity contribution in [2.75, 3.05) is 38.2 Å². The number of rotatable bonds is 2. The monoisotopic (exact) mass is 301 g/mol. The van der Waals surface area contributed by atoms with Crippen molar-refractivity contribution in [1.82, 2.24) is 10.3 Å². The SMILES string of the molecule is COc1ccc(N2CCNCC2)cn1.Cl.Cl.Cl. The van der Waals surface area contributed by atoms with Crippen LogP contribution in [0.1, 0.15) is 0 Å². The predicted molar refractivity (Wildman–Crippen MR) is 77.6 cm³/mol. The lowest BCUT2D eigenvalue weighted by molar-refractivity contribution is 0.398. The highest BCUT2D eigenvalue weighted by Crippen LogP contribution is 2.16. The van der Waals surface area contributed by atoms with Crippen LogP contribution in [0.5, 0.6) is 5.88 Å². The highest BCUT2D eigenvalue weighted by Gasteiger charge is 2.10. The Morgan fingerprint density at radius 3 is 2.29 bits per heavy atom. The molecule has 0 aromatic carbocycles. The zero-order valence-corrected chi connectivity index (χ0v) is 12.0. The molecule has 1 aromatic heterocycles. The van der Waals surface area contributed by atoms with E-state index in [-0.39, 0.29) is 37.2 Å². The lowest BCUT2D eigenvalue weighted by Crippen LogP contribution is -2.43. The molecule has 1 fully saturated rings. The Bertz CT molecular complexity index is 291. The Morgan fingerprint density at radius 2 is 1.82 bits per heavy atom. The van der Waals surface area contributed by atoms with E-state index in [4.69, 9.17) is 4.74 Å². The van der Waals surface area contributed by atoms with E-state index < -0.39 is 0 Å². The molecule has 0 amide bonds. The molecule has 1 saturated heterocycles. The predicted octanol–water partition coefficient (Wildman–Crippen LogP) is 1.77. The molecule has 100 valence electrons. The summed E-state index contributed by atoms with van der Waals surface area (Å²) in [6, 6.07) is 3.95. The zero-order chi connectivity index (χ0) is 9.80. The van der Waals surface area contributed by atoms with Crippen molar-refractivity contribution in [2.45, 2.75) is 0 Å². The van der Waals surface area contributed by atoms with E-state index >= 15 is 0 Å². The van der Waals surface area contributed by atoms with Crippen LogP contribution in [0.4, 0.5) is 5.69 Å². The highest BCUT2D eigenvalue weighted by molar-refractivity contribution is 5.86. The van der Waals surface area contributed by atoms with Gasteiger partial charge in [0.25, 0.3) is 0 Å². The first kappa shape index (κ1) is 18.9. The number of halogens is 3. The lowest BCUT2D eigenvalue weighted by Gasteiger charge is -2.29. The maximum atomic E-state index is 5.01. The molecule has 0 spiro atoms. The summed E-state index contributed by atoms with van der Waals surface area (Å²) in [5.74, 6) is 0.670. The minimum absolute atomic E-state index is 0. The minimum Gasteiger partial charge on any atom is -0.481 e. The van der Waals surface area contributed by atoms with Crippen molar-refractivity contribution in [1.29, 1.82) is 0 Å². The van der Waals surface area contributed by atoms with Gasteiger partial charge in [0.2, 0.25) is 5.88 Å². The van der Waals surface area contributed by atoms with Crippen molar-refractivity contribution in [3.63, 3.8) is 0 Å². The second kappa shape index (κ2) is 9.59. The van der Waals surface area contributed by atoms with E-state index in [1.807, 2.05) is 12.3 Å². The zero-order valence-electron chi connectivity index (χ0n) is 9.59. The molecule has 1 N–H and O–H groups in total. The molecule has 0 aliphatic carbocycles. The van der Waals surface area contributed by atoms with Crippen molar-refractivity contribution < 1.29 is 4.74 Å². The molecule has 0 saturated carbocycles. The summed E-state index contributed by atoms with van der Waals surface area (Å²) in [4.78, 5) is 6.51. The third-order valence-electron chi connectivity index (χ3n) is 2.41. The van der Waals surface area contributed by atoms with E-state index in [1.165, 1.54) is 5.69 Å². The van der Waals surface area contributed by atoms with Crippen molar-refractivity contribution in [3.8, 4) is 5.88 Å². The summed E-state index contributed by atoms with van der Waals surface area (Å²) >= 11 is 0. The summed E-state index contributed by atoms with van der Waals surface area (Å²) in [7, 11) is 1.63. The molecule has 2 rings (SSSR count). The van der Waals surface area contributed by atoms with Gasteiger partial charge in [0.05, 0.1) is 19.0 Å². The van der Waals surface area contributed by atoms with Crippen LogP contribution >= 0.6 is 37.2 Å². The third kappa shape index (κ3) is 5.17. The standard InChI is InChI=1S/C10H15N3O.3ClH/c1-14-10-3-2-9(8-12-10)13-6-4-11-5-7-13;;;/h2-3,8,11H,4-7H2,1H3;3*1H. The molecule has 0 bridgehead atoms. The van der Waals surface area contributed by atoms with Gasteiger partial charge < -0.3 is 15.0 Å². The maximum absolute atomic E-state index is 5.01. The number of nitrogens with zero attached hydrogens (tertiary/aromatic N) is 2. The van der Waals surface area contributed by atoms with Gasteiger partial charge in [0.15, 0.2) is 0 Å². The Morgan fingerprint density at radius 1 is 1.18 bits per heavy atom. The second-order valence-electron chi connectivity index (χ2n) is 3.30. The Hall–Kier alpha value is -0.420. The maximum Gasteiger partial charge on any atom is 0.213 e. The van der Waals surface area contributed by atoms with Gasteiger partial charge in [0, 0.05) is 32.2 Å². The van der Waals surface area contributed by atoms with Crippen molar-refractivity contribution in [3.05, 3.63) is 18.3 Å². The Balaban J connectivity index is 0. The minimum atomic E-state index is 0. The molecule has 0 atom stereocenters. The average molecular weight is 303 g/mol. The summed E-state index contributed by atoms with van der Waals surface area (Å²) in [6.07, 6.45) is 1.87.